The Morgan fingerprint density at radius 3 is 2.29 bits per heavy atom. The standard InChI is InChI=1S/C18H16N2O3S/c1-20-18(21)17(13-7-4-3-5-8-13)16(12-19-20)14-9-6-10-15(11-14)24(2,22)23/h3-12H,1-2H3. The second-order valence-corrected chi connectivity index (χ2v) is 7.54. The number of hydrogen-bond donors (Lipinski definition) is 0. The summed E-state index contributed by atoms with van der Waals surface area (Å²) in [4.78, 5) is 12.8. The van der Waals surface area contributed by atoms with Gasteiger partial charge in [0.15, 0.2) is 9.84 Å². The topological polar surface area (TPSA) is 69.0 Å². The largest absolute Gasteiger partial charge is 0.274 e. The molecule has 0 fully saturated rings. The van der Waals surface area contributed by atoms with Crippen molar-refractivity contribution >= 4 is 9.84 Å². The Balaban J connectivity index is 2.31. The van der Waals surface area contributed by atoms with Gasteiger partial charge in [0.2, 0.25) is 0 Å². The molecule has 0 radical (unpaired) electrons. The fourth-order valence-corrected chi connectivity index (χ4v) is 3.20. The van der Waals surface area contributed by atoms with Crippen LogP contribution in [0.5, 0.6) is 0 Å². The predicted octanol–water partition coefficient (Wildman–Crippen LogP) is 2.52. The summed E-state index contributed by atoms with van der Waals surface area (Å²) in [6.07, 6.45) is 2.75. The van der Waals surface area contributed by atoms with Gasteiger partial charge >= 0.3 is 0 Å². The minimum absolute atomic E-state index is 0.208. The molecule has 6 heteroatoms. The molecule has 0 unspecified atom stereocenters. The molecule has 0 saturated carbocycles. The predicted molar refractivity (Wildman–Crippen MR) is 93.5 cm³/mol. The number of benzene rings is 2. The van der Waals surface area contributed by atoms with Crippen LogP contribution in [0.3, 0.4) is 0 Å². The molecular formula is C18H16N2O3S. The lowest BCUT2D eigenvalue weighted by atomic mass is 9.97. The fourth-order valence-electron chi connectivity index (χ4n) is 2.54. The first-order valence-corrected chi connectivity index (χ1v) is 9.19. The summed E-state index contributed by atoms with van der Waals surface area (Å²) in [6.45, 7) is 0. The monoisotopic (exact) mass is 340 g/mol. The highest BCUT2D eigenvalue weighted by Gasteiger charge is 2.15. The van der Waals surface area contributed by atoms with E-state index in [0.29, 0.717) is 16.7 Å². The minimum atomic E-state index is -3.33. The Bertz CT molecular complexity index is 1060. The molecule has 0 amide bonds. The van der Waals surface area contributed by atoms with Crippen molar-refractivity contribution in [1.82, 2.24) is 9.78 Å². The Morgan fingerprint density at radius 1 is 0.958 bits per heavy atom. The van der Waals surface area contributed by atoms with Crippen molar-refractivity contribution in [2.24, 2.45) is 7.05 Å². The molecule has 0 spiro atoms. The van der Waals surface area contributed by atoms with Crippen LogP contribution in [-0.4, -0.2) is 24.5 Å². The molecule has 0 aliphatic heterocycles. The van der Waals surface area contributed by atoms with Crippen molar-refractivity contribution in [3.63, 3.8) is 0 Å². The lowest BCUT2D eigenvalue weighted by Gasteiger charge is -2.11. The van der Waals surface area contributed by atoms with Crippen LogP contribution in [0, 0.1) is 0 Å². The van der Waals surface area contributed by atoms with Crippen LogP contribution < -0.4 is 5.56 Å². The summed E-state index contributed by atoms with van der Waals surface area (Å²) in [7, 11) is -1.74. The van der Waals surface area contributed by atoms with Crippen molar-refractivity contribution in [2.45, 2.75) is 4.90 Å². The molecule has 2 aromatic carbocycles. The number of aryl methyl sites for hydroxylation is 1. The maximum atomic E-state index is 12.6. The Hall–Kier alpha value is -2.73. The van der Waals surface area contributed by atoms with Crippen LogP contribution in [0.15, 0.2) is 70.5 Å². The molecule has 5 nitrogen and oxygen atoms in total. The van der Waals surface area contributed by atoms with Gasteiger partial charge in [0.1, 0.15) is 0 Å². The number of sulfone groups is 1. The summed E-state index contributed by atoms with van der Waals surface area (Å²) < 4.78 is 24.9. The molecule has 122 valence electrons. The quantitative estimate of drug-likeness (QED) is 0.735. The lowest BCUT2D eigenvalue weighted by Crippen LogP contribution is -2.21. The van der Waals surface area contributed by atoms with E-state index >= 15 is 0 Å². The molecule has 0 saturated heterocycles. The minimum Gasteiger partial charge on any atom is -0.267 e. The first kappa shape index (κ1) is 16.1. The first-order chi connectivity index (χ1) is 11.4. The molecule has 1 heterocycles. The molecule has 24 heavy (non-hydrogen) atoms. The van der Waals surface area contributed by atoms with E-state index in [1.165, 1.54) is 10.7 Å². The van der Waals surface area contributed by atoms with Crippen molar-refractivity contribution in [1.29, 1.82) is 0 Å². The molecular weight excluding hydrogens is 324 g/mol. The van der Waals surface area contributed by atoms with Gasteiger partial charge in [0, 0.05) is 18.9 Å². The lowest BCUT2D eigenvalue weighted by molar-refractivity contribution is 0.602. The van der Waals surface area contributed by atoms with Crippen molar-refractivity contribution in [3.05, 3.63) is 71.1 Å². The van der Waals surface area contributed by atoms with Crippen molar-refractivity contribution in [3.8, 4) is 22.3 Å². The van der Waals surface area contributed by atoms with E-state index in [9.17, 15) is 13.2 Å². The molecule has 1 aromatic heterocycles. The van der Waals surface area contributed by atoms with Gasteiger partial charge in [-0.3, -0.25) is 4.79 Å². The maximum absolute atomic E-state index is 12.6. The van der Waals surface area contributed by atoms with E-state index in [4.69, 9.17) is 0 Å². The van der Waals surface area contributed by atoms with Gasteiger partial charge < -0.3 is 0 Å². The number of hydrogen-bond acceptors (Lipinski definition) is 4. The molecule has 3 rings (SSSR count). The molecule has 0 aliphatic rings. The van der Waals surface area contributed by atoms with E-state index < -0.39 is 9.84 Å². The second-order valence-electron chi connectivity index (χ2n) is 5.53. The zero-order valence-electron chi connectivity index (χ0n) is 13.3. The average Bonchev–Trinajstić information content (AvgIpc) is 2.57. The zero-order chi connectivity index (χ0) is 17.3. The van der Waals surface area contributed by atoms with Gasteiger partial charge in [-0.05, 0) is 23.3 Å². The van der Waals surface area contributed by atoms with Gasteiger partial charge in [-0.2, -0.15) is 5.10 Å². The normalized spacial score (nSPS) is 11.4. The van der Waals surface area contributed by atoms with Crippen LogP contribution in [-0.2, 0) is 16.9 Å². The first-order valence-electron chi connectivity index (χ1n) is 7.30. The third-order valence-electron chi connectivity index (χ3n) is 3.77. The summed E-state index contributed by atoms with van der Waals surface area (Å²) in [5.74, 6) is 0. The van der Waals surface area contributed by atoms with Crippen molar-refractivity contribution in [2.75, 3.05) is 6.26 Å². The van der Waals surface area contributed by atoms with Crippen LogP contribution in [0.2, 0.25) is 0 Å². The number of nitrogens with zero attached hydrogens (tertiary/aromatic N) is 2. The second kappa shape index (κ2) is 6.05. The third-order valence-corrected chi connectivity index (χ3v) is 4.88. The summed E-state index contributed by atoms with van der Waals surface area (Å²) in [6, 6.07) is 15.8. The summed E-state index contributed by atoms with van der Waals surface area (Å²) in [5.41, 5.74) is 2.28. The van der Waals surface area contributed by atoms with Gasteiger partial charge in [0.05, 0.1) is 16.7 Å². The van der Waals surface area contributed by atoms with Gasteiger partial charge in [-0.15, -0.1) is 0 Å². The number of aromatic nitrogens is 2. The Labute approximate surface area is 140 Å². The highest BCUT2D eigenvalue weighted by atomic mass is 32.2. The highest BCUT2D eigenvalue weighted by Crippen LogP contribution is 2.29. The molecule has 3 aromatic rings. The van der Waals surface area contributed by atoms with Gasteiger partial charge in [0.25, 0.3) is 5.56 Å². The maximum Gasteiger partial charge on any atom is 0.274 e. The van der Waals surface area contributed by atoms with Crippen LogP contribution in [0.25, 0.3) is 22.3 Å². The average molecular weight is 340 g/mol. The van der Waals surface area contributed by atoms with E-state index in [0.717, 1.165) is 11.8 Å². The Morgan fingerprint density at radius 2 is 1.62 bits per heavy atom. The molecule has 0 atom stereocenters. The molecule has 0 bridgehead atoms. The Kier molecular flexibility index (Phi) is 4.07. The van der Waals surface area contributed by atoms with E-state index in [-0.39, 0.29) is 10.5 Å². The molecule has 0 aliphatic carbocycles. The van der Waals surface area contributed by atoms with Crippen molar-refractivity contribution < 1.29 is 8.42 Å². The molecule has 0 N–H and O–H groups in total. The van der Waals surface area contributed by atoms with E-state index in [2.05, 4.69) is 5.10 Å². The van der Waals surface area contributed by atoms with Crippen LogP contribution in [0.1, 0.15) is 0 Å². The SMILES string of the molecule is Cn1ncc(-c2cccc(S(C)(=O)=O)c2)c(-c2ccccc2)c1=O. The van der Waals surface area contributed by atoms with E-state index in [1.54, 1.807) is 31.4 Å². The van der Waals surface area contributed by atoms with Gasteiger partial charge in [-0.25, -0.2) is 13.1 Å². The van der Waals surface area contributed by atoms with Crippen LogP contribution in [0.4, 0.5) is 0 Å². The fraction of sp³-hybridized carbons (Fsp3) is 0.111. The number of rotatable bonds is 3. The smallest absolute Gasteiger partial charge is 0.267 e. The highest BCUT2D eigenvalue weighted by molar-refractivity contribution is 7.90. The zero-order valence-corrected chi connectivity index (χ0v) is 14.1. The third kappa shape index (κ3) is 3.00. The van der Waals surface area contributed by atoms with Crippen LogP contribution >= 0.6 is 0 Å². The summed E-state index contributed by atoms with van der Waals surface area (Å²) in [5, 5.41) is 4.09. The van der Waals surface area contributed by atoms with E-state index in [1.807, 2.05) is 30.3 Å². The van der Waals surface area contributed by atoms with Gasteiger partial charge in [-0.1, -0.05) is 42.5 Å². The summed E-state index contributed by atoms with van der Waals surface area (Å²) >= 11 is 0.